The van der Waals surface area contributed by atoms with Crippen LogP contribution in [0, 0.1) is 5.82 Å². The molecule has 0 radical (unpaired) electrons. The highest BCUT2D eigenvalue weighted by molar-refractivity contribution is 9.10. The molecule has 0 spiro atoms. The first kappa shape index (κ1) is 14.1. The van der Waals surface area contributed by atoms with Crippen molar-refractivity contribution in [3.05, 3.63) is 28.5 Å². The van der Waals surface area contributed by atoms with E-state index in [-0.39, 0.29) is 24.3 Å². The molecule has 0 aliphatic rings. The van der Waals surface area contributed by atoms with Gasteiger partial charge in [-0.05, 0) is 47.5 Å². The Morgan fingerprint density at radius 1 is 1.53 bits per heavy atom. The summed E-state index contributed by atoms with van der Waals surface area (Å²) in [5.41, 5.74) is 0.445. The van der Waals surface area contributed by atoms with Crippen molar-refractivity contribution in [2.45, 2.75) is 26.3 Å². The van der Waals surface area contributed by atoms with Crippen molar-refractivity contribution in [1.29, 1.82) is 0 Å². The summed E-state index contributed by atoms with van der Waals surface area (Å²) >= 11 is 3.25. The number of carbonyl (C=O) groups excluding carboxylic acids is 1. The zero-order chi connectivity index (χ0) is 12.8. The number of nitrogens with one attached hydrogen (secondary N) is 2. The second kappa shape index (κ2) is 6.71. The third-order valence-electron chi connectivity index (χ3n) is 2.43. The van der Waals surface area contributed by atoms with E-state index in [0.717, 1.165) is 6.42 Å². The molecule has 1 rings (SSSR count). The predicted molar refractivity (Wildman–Crippen MR) is 70.5 cm³/mol. The Balaban J connectivity index is 2.53. The minimum absolute atomic E-state index is 0.184. The van der Waals surface area contributed by atoms with E-state index in [9.17, 15) is 9.18 Å². The van der Waals surface area contributed by atoms with E-state index in [1.807, 2.05) is 13.8 Å². The summed E-state index contributed by atoms with van der Waals surface area (Å²) in [6, 6.07) is 4.46. The lowest BCUT2D eigenvalue weighted by atomic mass is 10.2. The van der Waals surface area contributed by atoms with Gasteiger partial charge in [0.05, 0.1) is 12.2 Å². The van der Waals surface area contributed by atoms with E-state index in [0.29, 0.717) is 10.2 Å². The summed E-state index contributed by atoms with van der Waals surface area (Å²) in [7, 11) is 0. The first-order chi connectivity index (χ1) is 8.02. The molecule has 1 aromatic carbocycles. The number of hydrogen-bond donors (Lipinski definition) is 2. The summed E-state index contributed by atoms with van der Waals surface area (Å²) in [6.45, 7) is 4.27. The molecule has 0 saturated heterocycles. The fourth-order valence-electron chi connectivity index (χ4n) is 1.20. The van der Waals surface area contributed by atoms with Gasteiger partial charge in [-0.25, -0.2) is 4.39 Å². The fourth-order valence-corrected chi connectivity index (χ4v) is 1.54. The topological polar surface area (TPSA) is 41.1 Å². The maximum absolute atomic E-state index is 13.0. The van der Waals surface area contributed by atoms with Gasteiger partial charge in [0.15, 0.2) is 0 Å². The Kier molecular flexibility index (Phi) is 5.58. The molecule has 0 heterocycles. The molecule has 5 heteroatoms. The van der Waals surface area contributed by atoms with E-state index < -0.39 is 0 Å². The Hall–Kier alpha value is -0.940. The lowest BCUT2D eigenvalue weighted by Gasteiger charge is -2.12. The number of rotatable bonds is 5. The molecule has 0 aromatic heterocycles. The number of halogens is 2. The lowest BCUT2D eigenvalue weighted by Crippen LogP contribution is -2.34. The lowest BCUT2D eigenvalue weighted by molar-refractivity contribution is -0.115. The molecule has 0 fully saturated rings. The average molecular weight is 303 g/mol. The molecular weight excluding hydrogens is 287 g/mol. The molecule has 0 aliphatic heterocycles. The summed E-state index contributed by atoms with van der Waals surface area (Å²) < 4.78 is 13.6. The smallest absolute Gasteiger partial charge is 0.238 e. The quantitative estimate of drug-likeness (QED) is 0.878. The summed E-state index contributed by atoms with van der Waals surface area (Å²) in [5.74, 6) is -0.560. The van der Waals surface area contributed by atoms with Crippen LogP contribution >= 0.6 is 15.9 Å². The van der Waals surface area contributed by atoms with Crippen molar-refractivity contribution in [3.63, 3.8) is 0 Å². The average Bonchev–Trinajstić information content (AvgIpc) is 2.30. The van der Waals surface area contributed by atoms with E-state index in [1.165, 1.54) is 12.1 Å². The van der Waals surface area contributed by atoms with Gasteiger partial charge in [0.1, 0.15) is 5.82 Å². The first-order valence-corrected chi connectivity index (χ1v) is 6.30. The molecule has 3 nitrogen and oxygen atoms in total. The van der Waals surface area contributed by atoms with Crippen LogP contribution in [-0.4, -0.2) is 18.5 Å². The van der Waals surface area contributed by atoms with Crippen LogP contribution in [0.15, 0.2) is 22.7 Å². The van der Waals surface area contributed by atoms with Gasteiger partial charge in [-0.2, -0.15) is 0 Å². The molecule has 1 aromatic rings. The molecule has 17 heavy (non-hydrogen) atoms. The maximum Gasteiger partial charge on any atom is 0.238 e. The third-order valence-corrected chi connectivity index (χ3v) is 3.12. The van der Waals surface area contributed by atoms with Gasteiger partial charge in [0.25, 0.3) is 0 Å². The Labute approximate surface area is 109 Å². The summed E-state index contributed by atoms with van der Waals surface area (Å²) in [5, 5.41) is 5.71. The van der Waals surface area contributed by atoms with Crippen LogP contribution in [0.4, 0.5) is 10.1 Å². The standard InChI is InChI=1S/C12H16BrFN2O/c1-3-8(2)15-7-12(17)16-11-6-9(14)4-5-10(11)13/h4-6,8,15H,3,7H2,1-2H3,(H,16,17). The second-order valence-corrected chi connectivity index (χ2v) is 4.72. The monoisotopic (exact) mass is 302 g/mol. The van der Waals surface area contributed by atoms with E-state index >= 15 is 0 Å². The predicted octanol–water partition coefficient (Wildman–Crippen LogP) is 2.91. The highest BCUT2D eigenvalue weighted by atomic mass is 79.9. The highest BCUT2D eigenvalue weighted by Gasteiger charge is 2.07. The zero-order valence-electron chi connectivity index (χ0n) is 9.89. The molecule has 1 amide bonds. The van der Waals surface area contributed by atoms with Crippen LogP contribution in [0.3, 0.4) is 0 Å². The number of carbonyl (C=O) groups is 1. The third kappa shape index (κ3) is 4.83. The van der Waals surface area contributed by atoms with Crippen molar-refractivity contribution in [2.75, 3.05) is 11.9 Å². The van der Waals surface area contributed by atoms with Crippen LogP contribution in [0.2, 0.25) is 0 Å². The van der Waals surface area contributed by atoms with E-state index in [2.05, 4.69) is 26.6 Å². The minimum Gasteiger partial charge on any atom is -0.324 e. The summed E-state index contributed by atoms with van der Waals surface area (Å²) in [6.07, 6.45) is 0.955. The van der Waals surface area contributed by atoms with E-state index in [1.54, 1.807) is 6.07 Å². The van der Waals surface area contributed by atoms with Crippen LogP contribution in [0.25, 0.3) is 0 Å². The molecule has 1 atom stereocenters. The zero-order valence-corrected chi connectivity index (χ0v) is 11.5. The molecule has 2 N–H and O–H groups in total. The van der Waals surface area contributed by atoms with Gasteiger partial charge in [0, 0.05) is 10.5 Å². The Morgan fingerprint density at radius 2 is 2.24 bits per heavy atom. The van der Waals surface area contributed by atoms with Gasteiger partial charge >= 0.3 is 0 Å². The fraction of sp³-hybridized carbons (Fsp3) is 0.417. The first-order valence-electron chi connectivity index (χ1n) is 5.51. The Bertz CT molecular complexity index is 398. The van der Waals surface area contributed by atoms with Gasteiger partial charge in [-0.15, -0.1) is 0 Å². The van der Waals surface area contributed by atoms with Crippen LogP contribution in [-0.2, 0) is 4.79 Å². The van der Waals surface area contributed by atoms with E-state index in [4.69, 9.17) is 0 Å². The van der Waals surface area contributed by atoms with Crippen LogP contribution < -0.4 is 10.6 Å². The van der Waals surface area contributed by atoms with Crippen molar-refractivity contribution in [3.8, 4) is 0 Å². The minimum atomic E-state index is -0.376. The number of amides is 1. The van der Waals surface area contributed by atoms with Crippen LogP contribution in [0.1, 0.15) is 20.3 Å². The van der Waals surface area contributed by atoms with Crippen LogP contribution in [0.5, 0.6) is 0 Å². The SMILES string of the molecule is CCC(C)NCC(=O)Nc1cc(F)ccc1Br. The largest absolute Gasteiger partial charge is 0.324 e. The number of hydrogen-bond acceptors (Lipinski definition) is 2. The normalized spacial score (nSPS) is 12.2. The second-order valence-electron chi connectivity index (χ2n) is 3.86. The van der Waals surface area contributed by atoms with Gasteiger partial charge in [0.2, 0.25) is 5.91 Å². The maximum atomic E-state index is 13.0. The van der Waals surface area contributed by atoms with Crippen molar-refractivity contribution < 1.29 is 9.18 Å². The molecule has 0 saturated carbocycles. The molecular formula is C12H16BrFN2O. The molecule has 94 valence electrons. The highest BCUT2D eigenvalue weighted by Crippen LogP contribution is 2.22. The number of anilines is 1. The Morgan fingerprint density at radius 3 is 2.88 bits per heavy atom. The van der Waals surface area contributed by atoms with Gasteiger partial charge < -0.3 is 10.6 Å². The van der Waals surface area contributed by atoms with Gasteiger partial charge in [-0.3, -0.25) is 4.79 Å². The van der Waals surface area contributed by atoms with Gasteiger partial charge in [-0.1, -0.05) is 6.92 Å². The van der Waals surface area contributed by atoms with Crippen molar-refractivity contribution >= 4 is 27.5 Å². The number of benzene rings is 1. The molecule has 0 bridgehead atoms. The van der Waals surface area contributed by atoms with Crippen molar-refractivity contribution in [2.24, 2.45) is 0 Å². The molecule has 1 unspecified atom stereocenters. The summed E-state index contributed by atoms with van der Waals surface area (Å²) in [4.78, 5) is 11.6. The molecule has 0 aliphatic carbocycles. The van der Waals surface area contributed by atoms with Crippen molar-refractivity contribution in [1.82, 2.24) is 5.32 Å².